The number of amides is 3. The normalized spacial score (nSPS) is 21.4. The highest BCUT2D eigenvalue weighted by Gasteiger charge is 2.42. The van der Waals surface area contributed by atoms with Gasteiger partial charge in [0.1, 0.15) is 6.04 Å². The monoisotopic (exact) mass is 417 g/mol. The summed E-state index contributed by atoms with van der Waals surface area (Å²) in [7, 11) is 0. The number of alkyl halides is 3. The van der Waals surface area contributed by atoms with Gasteiger partial charge in [0.2, 0.25) is 11.7 Å². The Morgan fingerprint density at radius 1 is 1.41 bits per heavy atom. The number of carbonyl (C=O) groups excluding carboxylic acids is 3. The van der Waals surface area contributed by atoms with E-state index in [0.717, 1.165) is 12.8 Å². The van der Waals surface area contributed by atoms with Gasteiger partial charge in [0.25, 0.3) is 11.8 Å². The molecule has 1 aromatic rings. The van der Waals surface area contributed by atoms with Crippen LogP contribution in [-0.2, 0) is 15.8 Å². The van der Waals surface area contributed by atoms with E-state index >= 15 is 0 Å². The molecule has 9 nitrogen and oxygen atoms in total. The molecule has 2 fully saturated rings. The van der Waals surface area contributed by atoms with Gasteiger partial charge in [-0.15, -0.1) is 0 Å². The number of nitrogens with one attached hydrogen (secondary N) is 4. The molecule has 3 rings (SSSR count). The maximum absolute atomic E-state index is 12.6. The minimum Gasteiger partial charge on any atom is -0.356 e. The molecule has 0 bridgehead atoms. The second-order valence-corrected chi connectivity index (χ2v) is 7.76. The molecule has 1 saturated heterocycles. The number of halogens is 3. The van der Waals surface area contributed by atoms with E-state index in [4.69, 9.17) is 0 Å². The van der Waals surface area contributed by atoms with Crippen molar-refractivity contribution >= 4 is 17.7 Å². The zero-order chi connectivity index (χ0) is 21.2. The van der Waals surface area contributed by atoms with Crippen LogP contribution >= 0.6 is 0 Å². The first-order chi connectivity index (χ1) is 13.6. The van der Waals surface area contributed by atoms with Crippen LogP contribution in [0.1, 0.15) is 48.9 Å². The Kier molecular flexibility index (Phi) is 5.82. The van der Waals surface area contributed by atoms with Crippen LogP contribution in [0.4, 0.5) is 13.2 Å². The summed E-state index contributed by atoms with van der Waals surface area (Å²) in [5, 5.41) is 8.23. The lowest BCUT2D eigenvalue weighted by Crippen LogP contribution is -2.52. The van der Waals surface area contributed by atoms with Crippen LogP contribution in [0.15, 0.2) is 10.6 Å². The van der Waals surface area contributed by atoms with Crippen molar-refractivity contribution in [3.8, 4) is 0 Å². The molecule has 1 aliphatic heterocycles. The summed E-state index contributed by atoms with van der Waals surface area (Å²) in [6, 6.07) is -0.494. The maximum atomic E-state index is 12.6. The third-order valence-corrected chi connectivity index (χ3v) is 5.17. The minimum absolute atomic E-state index is 0.103. The SMILES string of the molecule is CC1(CC(NC(=O)c2cc(C(F)(F)F)on2)C(=O)NNCC2CCNC2=O)CC1. The third-order valence-electron chi connectivity index (χ3n) is 5.17. The second-order valence-electron chi connectivity index (χ2n) is 7.76. The minimum atomic E-state index is -4.76. The van der Waals surface area contributed by atoms with E-state index < -0.39 is 35.5 Å². The number of hydrazine groups is 1. The highest BCUT2D eigenvalue weighted by molar-refractivity contribution is 5.96. The van der Waals surface area contributed by atoms with Crippen LogP contribution in [0, 0.1) is 11.3 Å². The zero-order valence-electron chi connectivity index (χ0n) is 15.7. The molecule has 4 N–H and O–H groups in total. The van der Waals surface area contributed by atoms with Crippen molar-refractivity contribution in [1.29, 1.82) is 0 Å². The van der Waals surface area contributed by atoms with Crippen molar-refractivity contribution in [2.45, 2.75) is 44.8 Å². The summed E-state index contributed by atoms with van der Waals surface area (Å²) in [4.78, 5) is 36.3. The van der Waals surface area contributed by atoms with Gasteiger partial charge in [0, 0.05) is 19.2 Å². The predicted molar refractivity (Wildman–Crippen MR) is 92.0 cm³/mol. The van der Waals surface area contributed by atoms with Gasteiger partial charge in [0.05, 0.1) is 5.92 Å². The highest BCUT2D eigenvalue weighted by atomic mass is 19.4. The molecule has 160 valence electrons. The molecule has 2 unspecified atom stereocenters. The fourth-order valence-electron chi connectivity index (χ4n) is 3.06. The predicted octanol–water partition coefficient (Wildman–Crippen LogP) is 0.739. The largest absolute Gasteiger partial charge is 0.452 e. The molecule has 0 radical (unpaired) electrons. The van der Waals surface area contributed by atoms with Crippen molar-refractivity contribution in [2.24, 2.45) is 11.3 Å². The number of hydrogen-bond donors (Lipinski definition) is 4. The van der Waals surface area contributed by atoms with Gasteiger partial charge in [-0.05, 0) is 31.1 Å². The lowest BCUT2D eigenvalue weighted by atomic mass is 9.98. The lowest BCUT2D eigenvalue weighted by Gasteiger charge is -2.21. The van der Waals surface area contributed by atoms with E-state index in [-0.39, 0.29) is 23.8 Å². The molecule has 29 heavy (non-hydrogen) atoms. The molecule has 2 atom stereocenters. The number of carbonyl (C=O) groups is 3. The van der Waals surface area contributed by atoms with Gasteiger partial charge in [-0.25, -0.2) is 5.43 Å². The van der Waals surface area contributed by atoms with Crippen LogP contribution in [0.25, 0.3) is 0 Å². The molecular formula is C17H22F3N5O4. The van der Waals surface area contributed by atoms with Crippen molar-refractivity contribution < 1.29 is 32.1 Å². The Bertz CT molecular complexity index is 790. The Morgan fingerprint density at radius 2 is 2.14 bits per heavy atom. The fraction of sp³-hybridized carbons (Fsp3) is 0.647. The molecule has 12 heteroatoms. The van der Waals surface area contributed by atoms with Crippen LogP contribution in [0.2, 0.25) is 0 Å². The summed E-state index contributed by atoms with van der Waals surface area (Å²) >= 11 is 0. The number of hydrogen-bond acceptors (Lipinski definition) is 6. The molecule has 2 aliphatic rings. The molecule has 0 spiro atoms. The maximum Gasteiger partial charge on any atom is 0.452 e. The summed E-state index contributed by atoms with van der Waals surface area (Å²) in [6.07, 6.45) is -2.04. The van der Waals surface area contributed by atoms with Gasteiger partial charge < -0.3 is 15.2 Å². The highest BCUT2D eigenvalue weighted by Crippen LogP contribution is 2.48. The van der Waals surface area contributed by atoms with Gasteiger partial charge in [-0.2, -0.15) is 13.2 Å². The Hall–Kier alpha value is -2.63. The van der Waals surface area contributed by atoms with E-state index in [0.29, 0.717) is 25.5 Å². The van der Waals surface area contributed by atoms with Gasteiger partial charge in [0.15, 0.2) is 5.69 Å². The molecule has 3 amide bonds. The van der Waals surface area contributed by atoms with Gasteiger partial charge in [-0.1, -0.05) is 12.1 Å². The summed E-state index contributed by atoms with van der Waals surface area (Å²) in [6.45, 7) is 2.76. The molecule has 2 heterocycles. The van der Waals surface area contributed by atoms with Crippen molar-refractivity contribution in [3.63, 3.8) is 0 Å². The van der Waals surface area contributed by atoms with Gasteiger partial charge in [-0.3, -0.25) is 19.8 Å². The number of nitrogens with zero attached hydrogens (tertiary/aromatic N) is 1. The molecule has 1 saturated carbocycles. The fourth-order valence-corrected chi connectivity index (χ4v) is 3.06. The second kappa shape index (κ2) is 8.01. The topological polar surface area (TPSA) is 125 Å². The van der Waals surface area contributed by atoms with E-state index in [1.807, 2.05) is 6.92 Å². The van der Waals surface area contributed by atoms with Crippen LogP contribution < -0.4 is 21.5 Å². The first kappa shape index (κ1) is 21.1. The average molecular weight is 417 g/mol. The molecule has 1 aliphatic carbocycles. The van der Waals surface area contributed by atoms with Crippen molar-refractivity contribution in [2.75, 3.05) is 13.1 Å². The summed E-state index contributed by atoms with van der Waals surface area (Å²) in [5.74, 6) is -3.25. The number of rotatable bonds is 8. The zero-order valence-corrected chi connectivity index (χ0v) is 15.7. The van der Waals surface area contributed by atoms with Crippen LogP contribution in [-0.4, -0.2) is 42.0 Å². The standard InChI is InChI=1S/C17H22F3N5O4/c1-16(3-4-16)7-11(15(28)24-22-8-9-2-5-21-13(9)26)23-14(27)10-6-12(29-25-10)17(18,19)20/h6,9,11,22H,2-5,7-8H2,1H3,(H,21,26)(H,23,27)(H,24,28). The van der Waals surface area contributed by atoms with Crippen LogP contribution in [0.3, 0.4) is 0 Å². The summed E-state index contributed by atoms with van der Waals surface area (Å²) < 4.78 is 42.0. The van der Waals surface area contributed by atoms with Crippen molar-refractivity contribution in [3.05, 3.63) is 17.5 Å². The van der Waals surface area contributed by atoms with E-state index in [2.05, 4.69) is 31.2 Å². The summed E-state index contributed by atoms with van der Waals surface area (Å²) in [5.41, 5.74) is 4.46. The van der Waals surface area contributed by atoms with Crippen molar-refractivity contribution in [1.82, 2.24) is 26.6 Å². The lowest BCUT2D eigenvalue weighted by molar-refractivity contribution is -0.155. The first-order valence-corrected chi connectivity index (χ1v) is 9.23. The third kappa shape index (κ3) is 5.46. The molecule has 1 aromatic heterocycles. The van der Waals surface area contributed by atoms with Gasteiger partial charge >= 0.3 is 6.18 Å². The molecule has 0 aromatic carbocycles. The van der Waals surface area contributed by atoms with E-state index in [1.54, 1.807) is 0 Å². The smallest absolute Gasteiger partial charge is 0.356 e. The Morgan fingerprint density at radius 3 is 2.69 bits per heavy atom. The first-order valence-electron chi connectivity index (χ1n) is 9.23. The number of aromatic nitrogens is 1. The Balaban J connectivity index is 1.58. The Labute approximate surface area is 164 Å². The quantitative estimate of drug-likeness (QED) is 0.463. The molecular weight excluding hydrogens is 395 g/mol. The van der Waals surface area contributed by atoms with E-state index in [1.165, 1.54) is 0 Å². The van der Waals surface area contributed by atoms with Crippen LogP contribution in [0.5, 0.6) is 0 Å². The average Bonchev–Trinajstić information content (AvgIpc) is 3.02. The van der Waals surface area contributed by atoms with E-state index in [9.17, 15) is 27.6 Å².